The van der Waals surface area contributed by atoms with Gasteiger partial charge in [-0.2, -0.15) is 5.10 Å². The summed E-state index contributed by atoms with van der Waals surface area (Å²) in [5.41, 5.74) is 0.217. The Hall–Kier alpha value is -0.910. The highest BCUT2D eigenvalue weighted by Crippen LogP contribution is 2.32. The number of aliphatic hydroxyl groups is 1. The summed E-state index contributed by atoms with van der Waals surface area (Å²) < 4.78 is 1.77. The van der Waals surface area contributed by atoms with Crippen LogP contribution in [0.15, 0.2) is 18.5 Å². The summed E-state index contributed by atoms with van der Waals surface area (Å²) in [7, 11) is 4.20. The molecule has 1 saturated carbocycles. The molecule has 0 aromatic carbocycles. The Bertz CT molecular complexity index is 346. The number of rotatable bonds is 7. The van der Waals surface area contributed by atoms with E-state index in [0.717, 1.165) is 6.54 Å². The molecule has 102 valence electrons. The largest absolute Gasteiger partial charge is 0.390 e. The number of nitrogens with one attached hydrogen (secondary N) is 1. The van der Waals surface area contributed by atoms with Gasteiger partial charge in [0, 0.05) is 31.0 Å². The van der Waals surface area contributed by atoms with E-state index in [0.29, 0.717) is 13.1 Å². The van der Waals surface area contributed by atoms with Gasteiger partial charge in [-0.1, -0.05) is 0 Å². The predicted octanol–water partition coefficient (Wildman–Crippen LogP) is 0.318. The van der Waals surface area contributed by atoms with Crippen LogP contribution in [0.1, 0.15) is 19.3 Å². The Morgan fingerprint density at radius 1 is 1.50 bits per heavy atom. The minimum atomic E-state index is -0.385. The van der Waals surface area contributed by atoms with Gasteiger partial charge in [-0.05, 0) is 39.4 Å². The van der Waals surface area contributed by atoms with Crippen molar-refractivity contribution in [2.75, 3.05) is 27.2 Å². The molecule has 0 radical (unpaired) electrons. The van der Waals surface area contributed by atoms with Crippen molar-refractivity contribution >= 4 is 0 Å². The molecule has 5 nitrogen and oxygen atoms in total. The lowest BCUT2D eigenvalue weighted by molar-refractivity contribution is 0.0907. The van der Waals surface area contributed by atoms with Crippen molar-refractivity contribution in [1.29, 1.82) is 0 Å². The van der Waals surface area contributed by atoms with E-state index in [9.17, 15) is 5.11 Å². The molecule has 0 spiro atoms. The zero-order valence-electron chi connectivity index (χ0n) is 11.3. The second-order valence-corrected chi connectivity index (χ2v) is 5.63. The van der Waals surface area contributed by atoms with Crippen LogP contribution in [-0.2, 0) is 6.54 Å². The van der Waals surface area contributed by atoms with Crippen LogP contribution in [-0.4, -0.2) is 58.6 Å². The molecule has 0 unspecified atom stereocenters. The molecule has 0 amide bonds. The molecule has 1 aliphatic rings. The molecule has 1 aromatic rings. The van der Waals surface area contributed by atoms with Gasteiger partial charge < -0.3 is 15.3 Å². The minimum absolute atomic E-state index is 0.217. The quantitative estimate of drug-likeness (QED) is 0.734. The minimum Gasteiger partial charge on any atom is -0.390 e. The van der Waals surface area contributed by atoms with Gasteiger partial charge in [-0.25, -0.2) is 0 Å². The highest BCUT2D eigenvalue weighted by atomic mass is 16.3. The predicted molar refractivity (Wildman–Crippen MR) is 71.4 cm³/mol. The maximum Gasteiger partial charge on any atom is 0.0860 e. The highest BCUT2D eigenvalue weighted by Gasteiger charge is 2.37. The number of β-amino-alcohol motifs (C(OH)–C–C–N with tert-alkyl or cyclic N) is 1. The Balaban J connectivity index is 1.75. The van der Waals surface area contributed by atoms with Crippen LogP contribution in [0.2, 0.25) is 0 Å². The number of likely N-dealkylation sites (N-methyl/N-ethyl adjacent to an activating group) is 1. The van der Waals surface area contributed by atoms with Gasteiger partial charge in [-0.3, -0.25) is 4.68 Å². The van der Waals surface area contributed by atoms with Crippen molar-refractivity contribution in [3.05, 3.63) is 18.5 Å². The number of hydrogen-bond acceptors (Lipinski definition) is 4. The summed E-state index contributed by atoms with van der Waals surface area (Å²) >= 11 is 0. The zero-order valence-corrected chi connectivity index (χ0v) is 11.3. The van der Waals surface area contributed by atoms with Crippen molar-refractivity contribution in [2.45, 2.75) is 37.5 Å². The third-order valence-corrected chi connectivity index (χ3v) is 3.60. The first-order valence-electron chi connectivity index (χ1n) is 6.65. The lowest BCUT2D eigenvalue weighted by atomic mass is 9.76. The molecule has 2 rings (SSSR count). The molecule has 2 N–H and O–H groups in total. The van der Waals surface area contributed by atoms with Gasteiger partial charge in [0.25, 0.3) is 0 Å². The second kappa shape index (κ2) is 5.82. The lowest BCUT2D eigenvalue weighted by Gasteiger charge is -2.45. The molecule has 0 aliphatic heterocycles. The number of hydrogen-bond donors (Lipinski definition) is 2. The number of aliphatic hydroxyl groups excluding tert-OH is 1. The lowest BCUT2D eigenvalue weighted by Crippen LogP contribution is -2.58. The van der Waals surface area contributed by atoms with E-state index in [2.05, 4.69) is 29.4 Å². The van der Waals surface area contributed by atoms with Crippen LogP contribution in [0.4, 0.5) is 0 Å². The van der Waals surface area contributed by atoms with Crippen LogP contribution in [0.5, 0.6) is 0 Å². The van der Waals surface area contributed by atoms with E-state index in [4.69, 9.17) is 0 Å². The monoisotopic (exact) mass is 252 g/mol. The van der Waals surface area contributed by atoms with E-state index in [-0.39, 0.29) is 11.6 Å². The van der Waals surface area contributed by atoms with Gasteiger partial charge in [0.2, 0.25) is 0 Å². The SMILES string of the molecule is CN(C)CC1(NC[C@@H](O)Cn2cccn2)CCC1. The average molecular weight is 252 g/mol. The molecule has 5 heteroatoms. The van der Waals surface area contributed by atoms with Crippen molar-refractivity contribution in [2.24, 2.45) is 0 Å². The maximum absolute atomic E-state index is 10.0. The van der Waals surface area contributed by atoms with E-state index >= 15 is 0 Å². The molecule has 1 atom stereocenters. The first-order valence-corrected chi connectivity index (χ1v) is 6.65. The van der Waals surface area contributed by atoms with Crippen LogP contribution in [0.3, 0.4) is 0 Å². The van der Waals surface area contributed by atoms with E-state index in [1.807, 2.05) is 12.3 Å². The van der Waals surface area contributed by atoms with Crippen molar-refractivity contribution < 1.29 is 5.11 Å². The van der Waals surface area contributed by atoms with E-state index in [1.165, 1.54) is 19.3 Å². The third-order valence-electron chi connectivity index (χ3n) is 3.60. The van der Waals surface area contributed by atoms with Crippen LogP contribution in [0, 0.1) is 0 Å². The molecule has 1 aromatic heterocycles. The topological polar surface area (TPSA) is 53.3 Å². The summed E-state index contributed by atoms with van der Waals surface area (Å²) in [6, 6.07) is 1.87. The molecule has 18 heavy (non-hydrogen) atoms. The van der Waals surface area contributed by atoms with Gasteiger partial charge >= 0.3 is 0 Å². The second-order valence-electron chi connectivity index (χ2n) is 5.63. The fourth-order valence-electron chi connectivity index (χ4n) is 2.62. The summed E-state index contributed by atoms with van der Waals surface area (Å²) in [4.78, 5) is 2.21. The van der Waals surface area contributed by atoms with Crippen molar-refractivity contribution in [3.8, 4) is 0 Å². The first-order chi connectivity index (χ1) is 8.60. The van der Waals surface area contributed by atoms with E-state index in [1.54, 1.807) is 10.9 Å². The molecule has 0 bridgehead atoms. The Labute approximate surface area is 109 Å². The Morgan fingerprint density at radius 2 is 2.28 bits per heavy atom. The van der Waals surface area contributed by atoms with Crippen LogP contribution in [0.25, 0.3) is 0 Å². The smallest absolute Gasteiger partial charge is 0.0860 e. The molecule has 1 heterocycles. The highest BCUT2D eigenvalue weighted by molar-refractivity contribution is 4.98. The fourth-order valence-corrected chi connectivity index (χ4v) is 2.62. The summed E-state index contributed by atoms with van der Waals surface area (Å²) in [5, 5.41) is 17.6. The Kier molecular flexibility index (Phi) is 4.37. The molecular weight excluding hydrogens is 228 g/mol. The first kappa shape index (κ1) is 13.5. The van der Waals surface area contributed by atoms with Crippen molar-refractivity contribution in [1.82, 2.24) is 20.0 Å². The zero-order chi connectivity index (χ0) is 13.0. The molecule has 0 saturated heterocycles. The van der Waals surface area contributed by atoms with Crippen LogP contribution >= 0.6 is 0 Å². The van der Waals surface area contributed by atoms with E-state index < -0.39 is 0 Å². The summed E-state index contributed by atoms with van der Waals surface area (Å²) in [5.74, 6) is 0. The van der Waals surface area contributed by atoms with Gasteiger partial charge in [-0.15, -0.1) is 0 Å². The van der Waals surface area contributed by atoms with Gasteiger partial charge in [0.1, 0.15) is 0 Å². The molecule has 1 aliphatic carbocycles. The Morgan fingerprint density at radius 3 is 2.78 bits per heavy atom. The molecular formula is C13H24N4O. The number of aromatic nitrogens is 2. The molecule has 1 fully saturated rings. The maximum atomic E-state index is 10.0. The van der Waals surface area contributed by atoms with Crippen molar-refractivity contribution in [3.63, 3.8) is 0 Å². The number of nitrogens with zero attached hydrogens (tertiary/aromatic N) is 3. The van der Waals surface area contributed by atoms with Gasteiger partial charge in [0.05, 0.1) is 12.6 Å². The summed E-state index contributed by atoms with van der Waals surface area (Å²) in [6.07, 6.45) is 6.93. The van der Waals surface area contributed by atoms with Gasteiger partial charge in [0.15, 0.2) is 0 Å². The normalized spacial score (nSPS) is 19.8. The fraction of sp³-hybridized carbons (Fsp3) is 0.769. The summed E-state index contributed by atoms with van der Waals surface area (Å²) in [6.45, 7) is 2.23. The van der Waals surface area contributed by atoms with Crippen LogP contribution < -0.4 is 5.32 Å². The standard InChI is InChI=1S/C13H24N4O/c1-16(2)11-13(5-3-6-13)14-9-12(18)10-17-8-4-7-15-17/h4,7-8,12,14,18H,3,5-6,9-11H2,1-2H3/t12-/m1/s1. The average Bonchev–Trinajstić information content (AvgIpc) is 2.74. The third kappa shape index (κ3) is 3.54.